The van der Waals surface area contributed by atoms with E-state index in [9.17, 15) is 14.7 Å². The molecule has 1 aliphatic heterocycles. The van der Waals surface area contributed by atoms with Crippen LogP contribution in [0.4, 0.5) is 5.69 Å². The van der Waals surface area contributed by atoms with E-state index in [4.69, 9.17) is 4.74 Å². The lowest BCUT2D eigenvalue weighted by Gasteiger charge is -2.25. The van der Waals surface area contributed by atoms with Crippen molar-refractivity contribution in [2.24, 2.45) is 4.99 Å². The van der Waals surface area contributed by atoms with E-state index in [1.54, 1.807) is 55.0 Å². The largest absolute Gasteiger partial charge is 0.507 e. The van der Waals surface area contributed by atoms with Crippen molar-refractivity contribution in [1.82, 2.24) is 4.57 Å². The zero-order chi connectivity index (χ0) is 26.1. The second kappa shape index (κ2) is 10.2. The molecule has 0 spiro atoms. The molecule has 9 heteroatoms. The summed E-state index contributed by atoms with van der Waals surface area (Å²) in [5.74, 6) is 0.393. The van der Waals surface area contributed by atoms with Crippen molar-refractivity contribution < 1.29 is 14.6 Å². The number of fused-ring (bicyclic) bond motifs is 1. The fourth-order valence-corrected chi connectivity index (χ4v) is 5.67. The van der Waals surface area contributed by atoms with Crippen LogP contribution in [0.1, 0.15) is 24.1 Å². The molecule has 1 atom stereocenters. The topological polar surface area (TPSA) is 92.9 Å². The van der Waals surface area contributed by atoms with Gasteiger partial charge in [0.1, 0.15) is 11.5 Å². The molecule has 1 amide bonds. The van der Waals surface area contributed by atoms with Gasteiger partial charge in [-0.3, -0.25) is 14.2 Å². The Labute approximate surface area is 224 Å². The van der Waals surface area contributed by atoms with Gasteiger partial charge in [-0.1, -0.05) is 47.7 Å². The van der Waals surface area contributed by atoms with Crippen molar-refractivity contribution >= 4 is 44.9 Å². The van der Waals surface area contributed by atoms with Crippen molar-refractivity contribution in [3.05, 3.63) is 119 Å². The molecule has 37 heavy (non-hydrogen) atoms. The molecule has 5 rings (SSSR count). The molecule has 2 N–H and O–H groups in total. The number of hydrogen-bond donors (Lipinski definition) is 2. The first-order valence-corrected chi connectivity index (χ1v) is 13.0. The van der Waals surface area contributed by atoms with E-state index < -0.39 is 6.04 Å². The second-order valence-corrected chi connectivity index (χ2v) is 10.3. The lowest BCUT2D eigenvalue weighted by atomic mass is 9.95. The summed E-state index contributed by atoms with van der Waals surface area (Å²) in [5, 5.41) is 12.8. The number of ether oxygens (including phenoxy) is 1. The monoisotopic (exact) mass is 575 g/mol. The summed E-state index contributed by atoms with van der Waals surface area (Å²) in [6.07, 6.45) is 1.75. The number of nitrogens with one attached hydrogen (secondary N) is 1. The molecule has 0 radical (unpaired) electrons. The molecule has 1 aromatic heterocycles. The molecule has 2 heterocycles. The van der Waals surface area contributed by atoms with E-state index in [-0.39, 0.29) is 17.2 Å². The molecular formula is C28H22BrN3O4S. The van der Waals surface area contributed by atoms with E-state index >= 15 is 0 Å². The maximum Gasteiger partial charge on any atom is 0.271 e. The Bertz CT molecular complexity index is 1720. The number of phenolic OH excluding ortho intramolecular Hbond substituents is 1. The van der Waals surface area contributed by atoms with Crippen LogP contribution in [0.15, 0.2) is 98.3 Å². The smallest absolute Gasteiger partial charge is 0.271 e. The Morgan fingerprint density at radius 2 is 1.92 bits per heavy atom. The molecule has 3 aromatic carbocycles. The van der Waals surface area contributed by atoms with Gasteiger partial charge in [-0.25, -0.2) is 4.99 Å². The van der Waals surface area contributed by atoms with Crippen molar-refractivity contribution in [3.8, 4) is 11.5 Å². The summed E-state index contributed by atoms with van der Waals surface area (Å²) in [5.41, 5.74) is 2.76. The molecule has 0 saturated heterocycles. The second-order valence-electron chi connectivity index (χ2n) is 8.39. The van der Waals surface area contributed by atoms with Crippen LogP contribution in [0.25, 0.3) is 6.08 Å². The number of carbonyl (C=O) groups is 1. The number of halogens is 1. The normalized spacial score (nSPS) is 15.2. The minimum absolute atomic E-state index is 0.112. The fraction of sp³-hybridized carbons (Fsp3) is 0.107. The van der Waals surface area contributed by atoms with Gasteiger partial charge in [0, 0.05) is 5.69 Å². The Hall–Kier alpha value is -3.95. The summed E-state index contributed by atoms with van der Waals surface area (Å²) >= 11 is 4.57. The van der Waals surface area contributed by atoms with Gasteiger partial charge in [0.05, 0.1) is 33.4 Å². The number of nitrogens with zero attached hydrogens (tertiary/aromatic N) is 2. The minimum atomic E-state index is -0.705. The number of anilines is 1. The first-order chi connectivity index (χ1) is 17.9. The van der Waals surface area contributed by atoms with Gasteiger partial charge in [-0.2, -0.15) is 0 Å². The third-order valence-electron chi connectivity index (χ3n) is 5.98. The Balaban J connectivity index is 1.69. The molecule has 0 aliphatic carbocycles. The number of allylic oxidation sites excluding steroid dienone is 1. The Morgan fingerprint density at radius 3 is 2.65 bits per heavy atom. The summed E-state index contributed by atoms with van der Waals surface area (Å²) in [6, 6.07) is 20.8. The van der Waals surface area contributed by atoms with Crippen molar-refractivity contribution in [2.45, 2.75) is 13.0 Å². The van der Waals surface area contributed by atoms with Crippen LogP contribution in [0, 0.1) is 0 Å². The Kier molecular flexibility index (Phi) is 6.82. The van der Waals surface area contributed by atoms with Crippen LogP contribution < -0.4 is 24.9 Å². The number of carbonyl (C=O) groups excluding carboxylic acids is 1. The van der Waals surface area contributed by atoms with Gasteiger partial charge in [0.25, 0.3) is 11.5 Å². The third-order valence-corrected chi connectivity index (χ3v) is 7.60. The predicted molar refractivity (Wildman–Crippen MR) is 148 cm³/mol. The lowest BCUT2D eigenvalue weighted by molar-refractivity contribution is -0.113. The SMILES string of the molecule is COc1cccc([C@H]2C(C(=O)Nc3ccccc3)=C(C)N=c3s/c(=C\c4ccc(O)c(Br)c4)c(=O)n32)c1. The standard InChI is InChI=1S/C28H22BrN3O4S/c1-16-24(26(34)31-19-8-4-3-5-9-19)25(18-7-6-10-20(15-18)36-2)32-27(35)23(37-28(32)30-16)14-17-11-12-22(33)21(29)13-17/h3-15,25,33H,1-2H3,(H,31,34)/b23-14-/t25-/m0/s1. The van der Waals surface area contributed by atoms with E-state index in [2.05, 4.69) is 26.2 Å². The maximum atomic E-state index is 13.8. The third kappa shape index (κ3) is 4.87. The molecule has 186 valence electrons. The Morgan fingerprint density at radius 1 is 1.14 bits per heavy atom. The van der Waals surface area contributed by atoms with Gasteiger partial charge >= 0.3 is 0 Å². The number of methoxy groups -OCH3 is 1. The summed E-state index contributed by atoms with van der Waals surface area (Å²) < 4.78 is 7.98. The molecule has 0 unspecified atom stereocenters. The zero-order valence-corrected chi connectivity index (χ0v) is 22.3. The first-order valence-electron chi connectivity index (χ1n) is 11.4. The summed E-state index contributed by atoms with van der Waals surface area (Å²) in [4.78, 5) is 32.5. The number of phenols is 1. The van der Waals surface area contributed by atoms with E-state index in [1.807, 2.05) is 42.5 Å². The summed E-state index contributed by atoms with van der Waals surface area (Å²) in [6.45, 7) is 1.78. The fourth-order valence-electron chi connectivity index (χ4n) is 4.22. The highest BCUT2D eigenvalue weighted by molar-refractivity contribution is 9.10. The number of hydrogen-bond acceptors (Lipinski definition) is 6. The number of para-hydroxylation sites is 1. The number of benzene rings is 3. The minimum Gasteiger partial charge on any atom is -0.507 e. The van der Waals surface area contributed by atoms with E-state index in [0.717, 1.165) is 11.1 Å². The van der Waals surface area contributed by atoms with Crippen LogP contribution in [0.5, 0.6) is 11.5 Å². The van der Waals surface area contributed by atoms with Crippen molar-refractivity contribution in [2.75, 3.05) is 12.4 Å². The first kappa shape index (κ1) is 24.7. The van der Waals surface area contributed by atoms with Crippen LogP contribution in [0.3, 0.4) is 0 Å². The average Bonchev–Trinajstić information content (AvgIpc) is 3.20. The number of aromatic nitrogens is 1. The van der Waals surface area contributed by atoms with Crippen LogP contribution in [-0.2, 0) is 4.79 Å². The quantitative estimate of drug-likeness (QED) is 0.370. The van der Waals surface area contributed by atoms with Gasteiger partial charge in [-0.15, -0.1) is 0 Å². The van der Waals surface area contributed by atoms with Crippen LogP contribution >= 0.6 is 27.3 Å². The van der Waals surface area contributed by atoms with Crippen LogP contribution in [0.2, 0.25) is 0 Å². The number of aromatic hydroxyl groups is 1. The highest BCUT2D eigenvalue weighted by atomic mass is 79.9. The number of amides is 1. The molecule has 7 nitrogen and oxygen atoms in total. The highest BCUT2D eigenvalue weighted by Crippen LogP contribution is 2.32. The lowest BCUT2D eigenvalue weighted by Crippen LogP contribution is -2.40. The number of thiazole rings is 1. The molecule has 0 fully saturated rings. The molecular weight excluding hydrogens is 554 g/mol. The van der Waals surface area contributed by atoms with Crippen LogP contribution in [-0.4, -0.2) is 22.7 Å². The number of rotatable bonds is 5. The van der Waals surface area contributed by atoms with E-state index in [1.165, 1.54) is 11.3 Å². The van der Waals surface area contributed by atoms with E-state index in [0.29, 0.717) is 36.5 Å². The molecule has 4 aromatic rings. The zero-order valence-electron chi connectivity index (χ0n) is 19.9. The van der Waals surface area contributed by atoms with Gasteiger partial charge in [-0.05, 0) is 76.5 Å². The van der Waals surface area contributed by atoms with Gasteiger partial charge in [0.15, 0.2) is 4.80 Å². The average molecular weight is 576 g/mol. The highest BCUT2D eigenvalue weighted by Gasteiger charge is 2.32. The molecule has 1 aliphatic rings. The van der Waals surface area contributed by atoms with Crippen molar-refractivity contribution in [3.63, 3.8) is 0 Å². The molecule has 0 bridgehead atoms. The summed E-state index contributed by atoms with van der Waals surface area (Å²) in [7, 11) is 1.57. The van der Waals surface area contributed by atoms with Gasteiger partial charge < -0.3 is 15.2 Å². The maximum absolute atomic E-state index is 13.8. The van der Waals surface area contributed by atoms with Gasteiger partial charge in [0.2, 0.25) is 0 Å². The molecule has 0 saturated carbocycles. The van der Waals surface area contributed by atoms with Crippen molar-refractivity contribution in [1.29, 1.82) is 0 Å². The predicted octanol–water partition coefficient (Wildman–Crippen LogP) is 4.35.